The molecule has 2 aromatic heterocycles. The van der Waals surface area contributed by atoms with E-state index in [1.54, 1.807) is 23.3 Å². The van der Waals surface area contributed by atoms with Crippen LogP contribution in [0.4, 0.5) is 0 Å². The fourth-order valence-corrected chi connectivity index (χ4v) is 2.68. The van der Waals surface area contributed by atoms with E-state index in [1.165, 1.54) is 17.7 Å². The van der Waals surface area contributed by atoms with Gasteiger partial charge in [0.1, 0.15) is 17.7 Å². The van der Waals surface area contributed by atoms with Crippen molar-refractivity contribution in [3.63, 3.8) is 0 Å². The molecule has 0 spiro atoms. The van der Waals surface area contributed by atoms with E-state index in [9.17, 15) is 4.79 Å². The molecule has 6 nitrogen and oxygen atoms in total. The van der Waals surface area contributed by atoms with Crippen LogP contribution >= 0.6 is 11.3 Å². The van der Waals surface area contributed by atoms with Crippen LogP contribution in [0.15, 0.2) is 48.5 Å². The minimum Gasteiger partial charge on any atom is -0.452 e. The standard InChI is InChI=1S/C15H14N4O2S/c1-11(14-17-6-7-22-14)21-15(20)13-5-3-2-4-12(13)8-19-10-16-9-18-19/h2-7,9-11H,8H2,1H3. The van der Waals surface area contributed by atoms with E-state index < -0.39 is 0 Å². The average Bonchev–Trinajstić information content (AvgIpc) is 3.21. The number of nitrogens with zero attached hydrogens (tertiary/aromatic N) is 4. The molecule has 0 aliphatic carbocycles. The number of esters is 1. The molecule has 3 aromatic rings. The van der Waals surface area contributed by atoms with E-state index in [2.05, 4.69) is 15.1 Å². The van der Waals surface area contributed by atoms with Crippen molar-refractivity contribution in [2.24, 2.45) is 0 Å². The van der Waals surface area contributed by atoms with E-state index in [4.69, 9.17) is 4.74 Å². The van der Waals surface area contributed by atoms with Gasteiger partial charge in [0.05, 0.1) is 12.1 Å². The summed E-state index contributed by atoms with van der Waals surface area (Å²) in [5.41, 5.74) is 1.37. The number of hydrogen-bond donors (Lipinski definition) is 0. The summed E-state index contributed by atoms with van der Waals surface area (Å²) in [5.74, 6) is -0.363. The molecule has 1 atom stereocenters. The number of hydrogen-bond acceptors (Lipinski definition) is 6. The van der Waals surface area contributed by atoms with E-state index >= 15 is 0 Å². The molecule has 0 radical (unpaired) electrons. The van der Waals surface area contributed by atoms with Gasteiger partial charge in [0, 0.05) is 11.6 Å². The fourth-order valence-electron chi connectivity index (χ4n) is 2.06. The zero-order valence-corrected chi connectivity index (χ0v) is 12.7. The molecule has 1 aromatic carbocycles. The molecule has 1 unspecified atom stereocenters. The van der Waals surface area contributed by atoms with Gasteiger partial charge in [-0.1, -0.05) is 18.2 Å². The summed E-state index contributed by atoms with van der Waals surface area (Å²) in [6, 6.07) is 7.33. The van der Waals surface area contributed by atoms with Crippen LogP contribution in [0.5, 0.6) is 0 Å². The Morgan fingerprint density at radius 2 is 2.27 bits per heavy atom. The van der Waals surface area contributed by atoms with E-state index in [0.717, 1.165) is 10.6 Å². The van der Waals surface area contributed by atoms with Crippen LogP contribution in [0.25, 0.3) is 0 Å². The summed E-state index contributed by atoms with van der Waals surface area (Å²) < 4.78 is 7.17. The highest BCUT2D eigenvalue weighted by atomic mass is 32.1. The number of carbonyl (C=O) groups excluding carboxylic acids is 1. The molecule has 0 saturated carbocycles. The highest BCUT2D eigenvalue weighted by Crippen LogP contribution is 2.21. The second-order valence-corrected chi connectivity index (χ2v) is 5.59. The number of ether oxygens (including phenoxy) is 1. The predicted octanol–water partition coefficient (Wildman–Crippen LogP) is 2.70. The first-order valence-corrected chi connectivity index (χ1v) is 7.62. The first-order valence-electron chi connectivity index (χ1n) is 6.74. The van der Waals surface area contributed by atoms with Crippen molar-refractivity contribution >= 4 is 17.3 Å². The lowest BCUT2D eigenvalue weighted by atomic mass is 10.1. The highest BCUT2D eigenvalue weighted by molar-refractivity contribution is 7.09. The molecule has 0 fully saturated rings. The average molecular weight is 314 g/mol. The number of benzene rings is 1. The van der Waals surface area contributed by atoms with Gasteiger partial charge in [0.15, 0.2) is 6.10 Å². The third-order valence-corrected chi connectivity index (χ3v) is 4.06. The molecule has 2 heterocycles. The summed E-state index contributed by atoms with van der Waals surface area (Å²) in [6.07, 6.45) is 4.40. The van der Waals surface area contributed by atoms with Gasteiger partial charge < -0.3 is 4.74 Å². The summed E-state index contributed by atoms with van der Waals surface area (Å²) in [7, 11) is 0. The lowest BCUT2D eigenvalue weighted by Gasteiger charge is -2.13. The van der Waals surface area contributed by atoms with Gasteiger partial charge in [-0.25, -0.2) is 19.4 Å². The summed E-state index contributed by atoms with van der Waals surface area (Å²) in [4.78, 5) is 20.5. The Morgan fingerprint density at radius 1 is 1.41 bits per heavy atom. The molecule has 0 N–H and O–H groups in total. The summed E-state index contributed by atoms with van der Waals surface area (Å²) in [6.45, 7) is 2.29. The van der Waals surface area contributed by atoms with Crippen LogP contribution in [0, 0.1) is 0 Å². The van der Waals surface area contributed by atoms with Crippen LogP contribution < -0.4 is 0 Å². The molecule has 0 amide bonds. The van der Waals surface area contributed by atoms with Gasteiger partial charge >= 0.3 is 5.97 Å². The Kier molecular flexibility index (Phi) is 4.24. The Labute approximate surface area is 131 Å². The smallest absolute Gasteiger partial charge is 0.339 e. The molecular weight excluding hydrogens is 300 g/mol. The van der Waals surface area contributed by atoms with Crippen molar-refractivity contribution in [2.75, 3.05) is 0 Å². The van der Waals surface area contributed by atoms with Crippen molar-refractivity contribution in [3.05, 3.63) is 64.6 Å². The third-order valence-electron chi connectivity index (χ3n) is 3.12. The largest absolute Gasteiger partial charge is 0.452 e. The fraction of sp³-hybridized carbons (Fsp3) is 0.200. The first kappa shape index (κ1) is 14.4. The topological polar surface area (TPSA) is 69.9 Å². The molecule has 22 heavy (non-hydrogen) atoms. The van der Waals surface area contributed by atoms with Gasteiger partial charge in [-0.15, -0.1) is 11.3 Å². The maximum absolute atomic E-state index is 12.4. The number of aromatic nitrogens is 4. The van der Waals surface area contributed by atoms with E-state index in [-0.39, 0.29) is 12.1 Å². The minimum absolute atomic E-state index is 0.363. The Hall–Kier alpha value is -2.54. The van der Waals surface area contributed by atoms with E-state index in [1.807, 2.05) is 30.5 Å². The van der Waals surface area contributed by atoms with Crippen molar-refractivity contribution < 1.29 is 9.53 Å². The zero-order valence-electron chi connectivity index (χ0n) is 11.9. The second kappa shape index (κ2) is 6.48. The number of carbonyl (C=O) groups is 1. The van der Waals surface area contributed by atoms with Crippen LogP contribution in [0.2, 0.25) is 0 Å². The van der Waals surface area contributed by atoms with Crippen LogP contribution in [-0.2, 0) is 11.3 Å². The molecule has 112 valence electrons. The lowest BCUT2D eigenvalue weighted by molar-refractivity contribution is 0.0336. The maximum Gasteiger partial charge on any atom is 0.339 e. The van der Waals surface area contributed by atoms with Gasteiger partial charge in [-0.3, -0.25) is 0 Å². The molecule has 0 bridgehead atoms. The molecule has 3 rings (SSSR count). The predicted molar refractivity (Wildman–Crippen MR) is 81.5 cm³/mol. The van der Waals surface area contributed by atoms with E-state index in [0.29, 0.717) is 12.1 Å². The third kappa shape index (κ3) is 3.20. The Balaban J connectivity index is 1.77. The van der Waals surface area contributed by atoms with Gasteiger partial charge in [0.2, 0.25) is 0 Å². The Bertz CT molecular complexity index is 741. The van der Waals surface area contributed by atoms with Crippen LogP contribution in [-0.4, -0.2) is 25.7 Å². The van der Waals surface area contributed by atoms with Crippen molar-refractivity contribution in [1.82, 2.24) is 19.7 Å². The van der Waals surface area contributed by atoms with Crippen molar-refractivity contribution in [2.45, 2.75) is 19.6 Å². The van der Waals surface area contributed by atoms with Gasteiger partial charge in [-0.05, 0) is 18.6 Å². The Morgan fingerprint density at radius 3 is 3.00 bits per heavy atom. The minimum atomic E-state index is -0.369. The van der Waals surface area contributed by atoms with Gasteiger partial charge in [-0.2, -0.15) is 5.10 Å². The SMILES string of the molecule is CC(OC(=O)c1ccccc1Cn1cncn1)c1nccs1. The summed E-state index contributed by atoms with van der Waals surface area (Å²) >= 11 is 1.47. The monoisotopic (exact) mass is 314 g/mol. The zero-order chi connectivity index (χ0) is 15.4. The normalized spacial score (nSPS) is 12.0. The molecule has 0 aliphatic rings. The molecule has 0 saturated heterocycles. The number of thiazole rings is 1. The van der Waals surface area contributed by atoms with Crippen LogP contribution in [0.3, 0.4) is 0 Å². The first-order chi connectivity index (χ1) is 10.7. The lowest BCUT2D eigenvalue weighted by Crippen LogP contribution is -2.13. The molecular formula is C15H14N4O2S. The highest BCUT2D eigenvalue weighted by Gasteiger charge is 2.18. The maximum atomic E-state index is 12.4. The molecule has 7 heteroatoms. The van der Waals surface area contributed by atoms with Crippen molar-refractivity contribution in [3.8, 4) is 0 Å². The van der Waals surface area contributed by atoms with Crippen LogP contribution in [0.1, 0.15) is 34.0 Å². The molecule has 0 aliphatic heterocycles. The van der Waals surface area contributed by atoms with Gasteiger partial charge in [0.25, 0.3) is 0 Å². The second-order valence-electron chi connectivity index (χ2n) is 4.67. The van der Waals surface area contributed by atoms with Crippen molar-refractivity contribution in [1.29, 1.82) is 0 Å². The quantitative estimate of drug-likeness (QED) is 0.677. The summed E-state index contributed by atoms with van der Waals surface area (Å²) in [5, 5.41) is 6.70. The number of rotatable bonds is 5.